The number of fused-ring (bicyclic) bond motifs is 1. The second-order valence-electron chi connectivity index (χ2n) is 5.06. The summed E-state index contributed by atoms with van der Waals surface area (Å²) in [7, 11) is 0. The van der Waals surface area contributed by atoms with E-state index in [4.69, 9.17) is 0 Å². The van der Waals surface area contributed by atoms with Gasteiger partial charge in [-0.05, 0) is 25.0 Å². The van der Waals surface area contributed by atoms with E-state index in [-0.39, 0.29) is 23.0 Å². The molecule has 4 nitrogen and oxygen atoms in total. The van der Waals surface area contributed by atoms with E-state index < -0.39 is 23.4 Å². The van der Waals surface area contributed by atoms with E-state index in [1.165, 1.54) is 0 Å². The maximum absolute atomic E-state index is 13.2. The SMILES string of the molecule is O=C1CCC(N2C(=O)c3cc(F)c(F)cc3C2=O)CC1. The van der Waals surface area contributed by atoms with Gasteiger partial charge in [-0.15, -0.1) is 0 Å². The molecule has 1 aliphatic carbocycles. The lowest BCUT2D eigenvalue weighted by Gasteiger charge is -2.28. The molecule has 0 unspecified atom stereocenters. The molecule has 0 atom stereocenters. The van der Waals surface area contributed by atoms with Crippen molar-refractivity contribution in [2.45, 2.75) is 31.7 Å². The van der Waals surface area contributed by atoms with Crippen molar-refractivity contribution in [2.24, 2.45) is 0 Å². The lowest BCUT2D eigenvalue weighted by atomic mass is 9.93. The highest BCUT2D eigenvalue weighted by Gasteiger charge is 2.41. The lowest BCUT2D eigenvalue weighted by molar-refractivity contribution is -0.121. The van der Waals surface area contributed by atoms with Crippen LogP contribution in [0.15, 0.2) is 12.1 Å². The van der Waals surface area contributed by atoms with Crippen LogP contribution in [0.4, 0.5) is 8.78 Å². The van der Waals surface area contributed by atoms with Crippen LogP contribution in [-0.4, -0.2) is 28.5 Å². The van der Waals surface area contributed by atoms with Crippen LogP contribution >= 0.6 is 0 Å². The second kappa shape index (κ2) is 4.47. The fourth-order valence-corrected chi connectivity index (χ4v) is 2.77. The largest absolute Gasteiger partial charge is 0.300 e. The number of hydrogen-bond acceptors (Lipinski definition) is 3. The monoisotopic (exact) mass is 279 g/mol. The molecule has 1 aliphatic heterocycles. The molecule has 0 bridgehead atoms. The molecule has 1 fully saturated rings. The molecule has 1 aromatic rings. The normalized spacial score (nSPS) is 19.7. The maximum atomic E-state index is 13.2. The van der Waals surface area contributed by atoms with Gasteiger partial charge in [-0.2, -0.15) is 0 Å². The first-order valence-electron chi connectivity index (χ1n) is 6.37. The van der Waals surface area contributed by atoms with Crippen molar-refractivity contribution < 1.29 is 23.2 Å². The van der Waals surface area contributed by atoms with Gasteiger partial charge in [-0.1, -0.05) is 0 Å². The van der Waals surface area contributed by atoms with Crippen LogP contribution in [0.3, 0.4) is 0 Å². The van der Waals surface area contributed by atoms with Crippen molar-refractivity contribution in [3.63, 3.8) is 0 Å². The van der Waals surface area contributed by atoms with E-state index in [1.807, 2.05) is 0 Å². The van der Waals surface area contributed by atoms with E-state index in [9.17, 15) is 23.2 Å². The summed E-state index contributed by atoms with van der Waals surface area (Å²) >= 11 is 0. The molecular formula is C14H11F2NO3. The van der Waals surface area contributed by atoms with Gasteiger partial charge in [-0.25, -0.2) is 8.78 Å². The van der Waals surface area contributed by atoms with Crippen LogP contribution in [0.2, 0.25) is 0 Å². The average molecular weight is 279 g/mol. The average Bonchev–Trinajstić information content (AvgIpc) is 2.65. The molecule has 104 valence electrons. The molecule has 3 rings (SSSR count). The first-order valence-corrected chi connectivity index (χ1v) is 6.37. The van der Waals surface area contributed by atoms with Gasteiger partial charge in [0.15, 0.2) is 11.6 Å². The van der Waals surface area contributed by atoms with Crippen molar-refractivity contribution >= 4 is 17.6 Å². The standard InChI is InChI=1S/C14H11F2NO3/c15-11-5-9-10(6-12(11)16)14(20)17(13(9)19)7-1-3-8(18)4-2-7/h5-7H,1-4H2. The number of halogens is 2. The first-order chi connectivity index (χ1) is 9.49. The van der Waals surface area contributed by atoms with E-state index in [1.54, 1.807) is 0 Å². The highest BCUT2D eigenvalue weighted by atomic mass is 19.2. The summed E-state index contributed by atoms with van der Waals surface area (Å²) in [6, 6.07) is 1.16. The van der Waals surface area contributed by atoms with Gasteiger partial charge >= 0.3 is 0 Å². The molecule has 2 aliphatic rings. The molecule has 2 amide bonds. The number of rotatable bonds is 1. The number of hydrogen-bond donors (Lipinski definition) is 0. The van der Waals surface area contributed by atoms with Gasteiger partial charge in [0.1, 0.15) is 5.78 Å². The van der Waals surface area contributed by atoms with E-state index in [0.717, 1.165) is 17.0 Å². The van der Waals surface area contributed by atoms with Crippen LogP contribution < -0.4 is 0 Å². The fraction of sp³-hybridized carbons (Fsp3) is 0.357. The first kappa shape index (κ1) is 12.9. The number of carbonyl (C=O) groups is 3. The molecule has 0 saturated heterocycles. The summed E-state index contributed by atoms with van der Waals surface area (Å²) in [6.07, 6.45) is 1.46. The highest BCUT2D eigenvalue weighted by Crippen LogP contribution is 2.31. The van der Waals surface area contributed by atoms with Crippen molar-refractivity contribution in [1.29, 1.82) is 0 Å². The predicted octanol–water partition coefficient (Wildman–Crippen LogP) is 2.07. The number of imide groups is 1. The number of benzene rings is 1. The zero-order valence-corrected chi connectivity index (χ0v) is 10.5. The summed E-state index contributed by atoms with van der Waals surface area (Å²) in [5.41, 5.74) is -0.211. The molecule has 1 aromatic carbocycles. The fourth-order valence-electron chi connectivity index (χ4n) is 2.77. The summed E-state index contributed by atoms with van der Waals surface area (Å²) in [5, 5.41) is 0. The summed E-state index contributed by atoms with van der Waals surface area (Å²) in [5.74, 6) is -3.41. The van der Waals surface area contributed by atoms with Crippen molar-refractivity contribution in [3.05, 3.63) is 34.9 Å². The molecular weight excluding hydrogens is 268 g/mol. The van der Waals surface area contributed by atoms with Gasteiger partial charge in [0.2, 0.25) is 0 Å². The van der Waals surface area contributed by atoms with Gasteiger partial charge < -0.3 is 0 Å². The highest BCUT2D eigenvalue weighted by molar-refractivity contribution is 6.21. The quantitative estimate of drug-likeness (QED) is 0.739. The van der Waals surface area contributed by atoms with E-state index in [2.05, 4.69) is 0 Å². The third-order valence-electron chi connectivity index (χ3n) is 3.84. The number of nitrogens with zero attached hydrogens (tertiary/aromatic N) is 1. The smallest absolute Gasteiger partial charge is 0.261 e. The van der Waals surface area contributed by atoms with Crippen LogP contribution in [0.25, 0.3) is 0 Å². The third-order valence-corrected chi connectivity index (χ3v) is 3.84. The number of ketones is 1. The van der Waals surface area contributed by atoms with E-state index >= 15 is 0 Å². The number of Topliss-reactive ketones (excluding diaryl/α,β-unsaturated/α-hetero) is 1. The van der Waals surface area contributed by atoms with Crippen LogP contribution in [0, 0.1) is 11.6 Å². The van der Waals surface area contributed by atoms with Gasteiger partial charge in [0.05, 0.1) is 11.1 Å². The number of carbonyl (C=O) groups excluding carboxylic acids is 3. The van der Waals surface area contributed by atoms with Crippen LogP contribution in [0.5, 0.6) is 0 Å². The zero-order chi connectivity index (χ0) is 14.4. The lowest BCUT2D eigenvalue weighted by Crippen LogP contribution is -2.42. The Morgan fingerprint density at radius 3 is 1.80 bits per heavy atom. The molecule has 0 N–H and O–H groups in total. The van der Waals surface area contributed by atoms with Gasteiger partial charge in [0.25, 0.3) is 11.8 Å². The Kier molecular flexibility index (Phi) is 2.88. The molecule has 0 aromatic heterocycles. The third kappa shape index (κ3) is 1.83. The summed E-state index contributed by atoms with van der Waals surface area (Å²) < 4.78 is 26.4. The van der Waals surface area contributed by atoms with E-state index in [0.29, 0.717) is 25.7 Å². The van der Waals surface area contributed by atoms with Crippen molar-refractivity contribution in [1.82, 2.24) is 4.90 Å². The Bertz CT molecular complexity index is 591. The van der Waals surface area contributed by atoms with Gasteiger partial charge in [-0.3, -0.25) is 19.3 Å². The van der Waals surface area contributed by atoms with Gasteiger partial charge in [0, 0.05) is 18.9 Å². The molecule has 1 heterocycles. The van der Waals surface area contributed by atoms with Crippen molar-refractivity contribution in [3.8, 4) is 0 Å². The Morgan fingerprint density at radius 2 is 1.35 bits per heavy atom. The van der Waals surface area contributed by atoms with Crippen molar-refractivity contribution in [2.75, 3.05) is 0 Å². The maximum Gasteiger partial charge on any atom is 0.261 e. The Hall–Kier alpha value is -2.11. The van der Waals surface area contributed by atoms with Crippen LogP contribution in [-0.2, 0) is 4.79 Å². The second-order valence-corrected chi connectivity index (χ2v) is 5.06. The molecule has 20 heavy (non-hydrogen) atoms. The summed E-state index contributed by atoms with van der Waals surface area (Å²) in [6.45, 7) is 0. The number of amides is 2. The molecule has 0 radical (unpaired) electrons. The molecule has 0 spiro atoms. The Labute approximate surface area is 113 Å². The Morgan fingerprint density at radius 1 is 0.900 bits per heavy atom. The molecule has 6 heteroatoms. The predicted molar refractivity (Wildman–Crippen MR) is 64.1 cm³/mol. The minimum atomic E-state index is -1.15. The van der Waals surface area contributed by atoms with Crippen LogP contribution in [0.1, 0.15) is 46.4 Å². The topological polar surface area (TPSA) is 54.5 Å². The minimum Gasteiger partial charge on any atom is -0.300 e. The minimum absolute atomic E-state index is 0.106. The molecule has 1 saturated carbocycles. The zero-order valence-electron chi connectivity index (χ0n) is 10.5. The Balaban J connectivity index is 1.95. The summed E-state index contributed by atoms with van der Waals surface area (Å²) in [4.78, 5) is 36.6.